The van der Waals surface area contributed by atoms with Gasteiger partial charge in [0.2, 0.25) is 0 Å². The van der Waals surface area contributed by atoms with Crippen LogP contribution in [0.5, 0.6) is 5.75 Å². The van der Waals surface area contributed by atoms with E-state index in [1.807, 2.05) is 103 Å². The zero-order chi connectivity index (χ0) is 27.3. The van der Waals surface area contributed by atoms with Gasteiger partial charge in [0.05, 0.1) is 32.2 Å². The summed E-state index contributed by atoms with van der Waals surface area (Å²) in [5, 5.41) is -0.154. The van der Waals surface area contributed by atoms with Gasteiger partial charge in [0.1, 0.15) is 11.4 Å². The number of benzene rings is 4. The molecule has 4 aromatic rings. The quantitative estimate of drug-likeness (QED) is 0.131. The molecule has 4 aromatic carbocycles. The van der Waals surface area contributed by atoms with Gasteiger partial charge in [0, 0.05) is 6.92 Å². The molecule has 0 amide bonds. The fourth-order valence-electron chi connectivity index (χ4n) is 4.51. The van der Waals surface area contributed by atoms with Crippen molar-refractivity contribution >= 4 is 23.0 Å². The van der Waals surface area contributed by atoms with Gasteiger partial charge in [-0.25, -0.2) is 0 Å². The summed E-state index contributed by atoms with van der Waals surface area (Å²) in [5.41, 5.74) is 3.20. The summed E-state index contributed by atoms with van der Waals surface area (Å²) < 4.78 is 18.3. The summed E-state index contributed by atoms with van der Waals surface area (Å²) in [5.74, 6) is 0.774. The minimum absolute atomic E-state index is 0.0292. The van der Waals surface area contributed by atoms with E-state index in [1.54, 1.807) is 14.0 Å². The second-order valence-corrected chi connectivity index (χ2v) is 10.5. The number of ether oxygens (including phenoxy) is 3. The molecule has 4 nitrogen and oxygen atoms in total. The first-order valence-electron chi connectivity index (χ1n) is 13.0. The van der Waals surface area contributed by atoms with Gasteiger partial charge in [-0.15, -0.1) is 0 Å². The van der Waals surface area contributed by atoms with E-state index in [2.05, 4.69) is 24.3 Å². The third-order valence-corrected chi connectivity index (χ3v) is 7.24. The molecule has 0 spiro atoms. The van der Waals surface area contributed by atoms with E-state index in [0.717, 1.165) is 28.0 Å². The third kappa shape index (κ3) is 7.70. The van der Waals surface area contributed by atoms with Gasteiger partial charge < -0.3 is 14.2 Å². The van der Waals surface area contributed by atoms with Gasteiger partial charge in [0.25, 0.3) is 0 Å². The smallest absolute Gasteiger partial charge is 0.186 e. The van der Waals surface area contributed by atoms with Crippen molar-refractivity contribution in [1.82, 2.24) is 0 Å². The summed E-state index contributed by atoms with van der Waals surface area (Å²) in [6.45, 7) is 2.72. The first kappa shape index (κ1) is 28.4. The van der Waals surface area contributed by atoms with Crippen LogP contribution in [0.4, 0.5) is 0 Å². The van der Waals surface area contributed by atoms with Crippen molar-refractivity contribution in [1.29, 1.82) is 0 Å². The Labute approximate surface area is 235 Å². The first-order valence-corrected chi connectivity index (χ1v) is 13.9. The maximum atomic E-state index is 12.2. The Bertz CT molecular complexity index is 1270. The summed E-state index contributed by atoms with van der Waals surface area (Å²) in [4.78, 5) is 12.2. The van der Waals surface area contributed by atoms with Crippen molar-refractivity contribution in [3.63, 3.8) is 0 Å². The number of rotatable bonds is 13. The summed E-state index contributed by atoms with van der Waals surface area (Å²) in [6, 6.07) is 38.5. The van der Waals surface area contributed by atoms with Crippen LogP contribution < -0.4 is 4.74 Å². The fourth-order valence-corrected chi connectivity index (χ4v) is 5.28. The van der Waals surface area contributed by atoms with Crippen molar-refractivity contribution < 1.29 is 19.0 Å². The largest absolute Gasteiger partial charge is 0.497 e. The molecule has 0 aliphatic rings. The topological polar surface area (TPSA) is 44.8 Å². The Morgan fingerprint density at radius 2 is 1.31 bits per heavy atom. The van der Waals surface area contributed by atoms with E-state index >= 15 is 0 Å². The molecule has 1 atom stereocenters. The standard InChI is InChI=1S/C34H34O4S/c1-27(35)39-33(25-37-24-12-15-28-13-6-3-7-14-28)26-38-34(29-16-8-4-9-17-29,30-18-10-5-11-19-30)31-20-22-32(36-2)23-21-31/h3-23,33H,24-26H2,1-2H3/b15-12+/t33-/m1/s1. The second kappa shape index (κ2) is 14.5. The fraction of sp³-hybridized carbons (Fsp3) is 0.206. The van der Waals surface area contributed by atoms with Crippen molar-refractivity contribution in [2.75, 3.05) is 26.9 Å². The van der Waals surface area contributed by atoms with Crippen LogP contribution in [0.2, 0.25) is 0 Å². The summed E-state index contributed by atoms with van der Waals surface area (Å²) >= 11 is 1.25. The average Bonchev–Trinajstić information content (AvgIpc) is 2.99. The lowest BCUT2D eigenvalue weighted by molar-refractivity contribution is -0.109. The molecule has 0 radical (unpaired) electrons. The molecule has 0 unspecified atom stereocenters. The summed E-state index contributed by atoms with van der Waals surface area (Å²) in [6.07, 6.45) is 4.02. The van der Waals surface area contributed by atoms with Crippen LogP contribution in [0.15, 0.2) is 121 Å². The number of thioether (sulfide) groups is 1. The maximum absolute atomic E-state index is 12.2. The normalized spacial score (nSPS) is 12.4. The van der Waals surface area contributed by atoms with Crippen molar-refractivity contribution in [3.8, 4) is 5.75 Å². The van der Waals surface area contributed by atoms with Crippen molar-refractivity contribution in [2.45, 2.75) is 17.8 Å². The van der Waals surface area contributed by atoms with E-state index in [0.29, 0.717) is 19.8 Å². The molecule has 0 saturated carbocycles. The van der Waals surface area contributed by atoms with Gasteiger partial charge in [-0.3, -0.25) is 4.79 Å². The molecular weight excluding hydrogens is 504 g/mol. The molecule has 0 aromatic heterocycles. The van der Waals surface area contributed by atoms with E-state index in [9.17, 15) is 4.79 Å². The molecule has 4 rings (SSSR count). The Balaban J connectivity index is 1.60. The Morgan fingerprint density at radius 3 is 1.85 bits per heavy atom. The van der Waals surface area contributed by atoms with E-state index < -0.39 is 5.60 Å². The van der Waals surface area contributed by atoms with Crippen LogP contribution in [0.1, 0.15) is 29.2 Å². The molecule has 0 aliphatic heterocycles. The number of hydrogen-bond acceptors (Lipinski definition) is 5. The van der Waals surface area contributed by atoms with Crippen LogP contribution in [-0.2, 0) is 19.9 Å². The second-order valence-electron chi connectivity index (χ2n) is 9.03. The predicted octanol–water partition coefficient (Wildman–Crippen LogP) is 7.38. The van der Waals surface area contributed by atoms with Crippen molar-refractivity contribution in [3.05, 3.63) is 144 Å². The highest BCUT2D eigenvalue weighted by Gasteiger charge is 2.38. The highest BCUT2D eigenvalue weighted by atomic mass is 32.2. The third-order valence-electron chi connectivity index (χ3n) is 6.30. The average molecular weight is 539 g/mol. The molecule has 0 saturated heterocycles. The van der Waals surface area contributed by atoms with Gasteiger partial charge in [0.15, 0.2) is 5.12 Å². The number of methoxy groups -OCH3 is 1. The predicted molar refractivity (Wildman–Crippen MR) is 160 cm³/mol. The molecule has 0 heterocycles. The van der Waals surface area contributed by atoms with E-state index in [1.165, 1.54) is 11.8 Å². The van der Waals surface area contributed by atoms with Gasteiger partial charge in [-0.05, 0) is 34.4 Å². The summed E-state index contributed by atoms with van der Waals surface area (Å²) in [7, 11) is 1.66. The van der Waals surface area contributed by atoms with Crippen LogP contribution >= 0.6 is 11.8 Å². The lowest BCUT2D eigenvalue weighted by Crippen LogP contribution is -2.36. The number of carbonyl (C=O) groups is 1. The minimum atomic E-state index is -0.891. The molecule has 5 heteroatoms. The van der Waals surface area contributed by atoms with Gasteiger partial charge in [-0.2, -0.15) is 0 Å². The molecular formula is C34H34O4S. The lowest BCUT2D eigenvalue weighted by Gasteiger charge is -2.37. The van der Waals surface area contributed by atoms with Crippen LogP contribution in [0, 0.1) is 0 Å². The highest BCUT2D eigenvalue weighted by Crippen LogP contribution is 2.41. The van der Waals surface area contributed by atoms with Crippen LogP contribution in [0.3, 0.4) is 0 Å². The maximum Gasteiger partial charge on any atom is 0.186 e. The van der Waals surface area contributed by atoms with Gasteiger partial charge in [-0.1, -0.05) is 127 Å². The van der Waals surface area contributed by atoms with Crippen LogP contribution in [0.25, 0.3) is 6.08 Å². The first-order chi connectivity index (χ1) is 19.1. The van der Waals surface area contributed by atoms with E-state index in [4.69, 9.17) is 14.2 Å². The zero-order valence-electron chi connectivity index (χ0n) is 22.4. The molecule has 39 heavy (non-hydrogen) atoms. The molecule has 200 valence electrons. The van der Waals surface area contributed by atoms with Crippen molar-refractivity contribution in [2.24, 2.45) is 0 Å². The van der Waals surface area contributed by atoms with Crippen LogP contribution in [-0.4, -0.2) is 37.3 Å². The number of hydrogen-bond donors (Lipinski definition) is 0. The molecule has 0 bridgehead atoms. The Hall–Kier alpha value is -3.64. The minimum Gasteiger partial charge on any atom is -0.497 e. The lowest BCUT2D eigenvalue weighted by atomic mass is 9.80. The molecule has 0 aliphatic carbocycles. The Kier molecular flexibility index (Phi) is 10.5. The Morgan fingerprint density at radius 1 is 0.769 bits per heavy atom. The molecule has 0 N–H and O–H groups in total. The highest BCUT2D eigenvalue weighted by molar-refractivity contribution is 8.14. The SMILES string of the molecule is COc1ccc(C(OC[C@@H](COC/C=C/c2ccccc2)SC(C)=O)(c2ccccc2)c2ccccc2)cc1. The monoisotopic (exact) mass is 538 g/mol. The number of carbonyl (C=O) groups excluding carboxylic acids is 1. The zero-order valence-corrected chi connectivity index (χ0v) is 23.2. The van der Waals surface area contributed by atoms with Gasteiger partial charge >= 0.3 is 0 Å². The van der Waals surface area contributed by atoms with E-state index in [-0.39, 0.29) is 10.4 Å². The molecule has 0 fully saturated rings.